The van der Waals surface area contributed by atoms with E-state index in [1.54, 1.807) is 30.6 Å². The van der Waals surface area contributed by atoms with Gasteiger partial charge in [0.25, 0.3) is 5.91 Å². The lowest BCUT2D eigenvalue weighted by Crippen LogP contribution is -2.54. The number of hydrogen-bond acceptors (Lipinski definition) is 10. The van der Waals surface area contributed by atoms with E-state index in [1.807, 2.05) is 63.2 Å². The molecule has 0 aliphatic rings. The minimum Gasteiger partial charge on any atom is -0.494 e. The van der Waals surface area contributed by atoms with E-state index < -0.39 is 36.0 Å². The number of hydrogen-bond donors (Lipinski definition) is 4. The van der Waals surface area contributed by atoms with Gasteiger partial charge in [-0.1, -0.05) is 89.8 Å². The van der Waals surface area contributed by atoms with E-state index in [4.69, 9.17) is 4.74 Å². The summed E-state index contributed by atoms with van der Waals surface area (Å²) in [6.07, 6.45) is 10.5. The molecule has 0 fully saturated rings. The topological polar surface area (TPSA) is 177 Å². The van der Waals surface area contributed by atoms with E-state index in [2.05, 4.69) is 37.5 Å². The van der Waals surface area contributed by atoms with Gasteiger partial charge in [-0.3, -0.25) is 9.59 Å². The third-order valence-corrected chi connectivity index (χ3v) is 10.4. The number of aromatic nitrogens is 4. The molecule has 13 heteroatoms. The second kappa shape index (κ2) is 19.2. The molecule has 3 heterocycles. The summed E-state index contributed by atoms with van der Waals surface area (Å²) in [5.41, 5.74) is 3.08. The number of nitrogens with zero attached hydrogens (tertiary/aromatic N) is 4. The first kappa shape index (κ1) is 40.7. The number of amides is 2. The molecule has 0 radical (unpaired) electrons. The van der Waals surface area contributed by atoms with Crippen molar-refractivity contribution in [1.29, 1.82) is 0 Å². The van der Waals surface area contributed by atoms with E-state index in [9.17, 15) is 24.6 Å². The molecule has 0 spiro atoms. The molecule has 3 aromatic heterocycles. The summed E-state index contributed by atoms with van der Waals surface area (Å²) >= 11 is 1.32. The van der Waals surface area contributed by atoms with Gasteiger partial charge in [-0.25, -0.2) is 24.7 Å². The Kier molecular flexibility index (Phi) is 14.2. The van der Waals surface area contributed by atoms with Crippen LogP contribution in [0.2, 0.25) is 0 Å². The fraction of sp³-hybridized carbons (Fsp3) is 0.357. The minimum absolute atomic E-state index is 0.0258. The number of ether oxygens (including phenoxy) is 1. The van der Waals surface area contributed by atoms with Gasteiger partial charge in [0.15, 0.2) is 17.7 Å². The van der Waals surface area contributed by atoms with Gasteiger partial charge in [0, 0.05) is 47.2 Å². The molecule has 2 amide bonds. The number of thiophene rings is 1. The molecule has 0 saturated carbocycles. The Labute approximate surface area is 325 Å². The molecule has 12 nitrogen and oxygen atoms in total. The lowest BCUT2D eigenvalue weighted by molar-refractivity contribution is -0.145. The number of carbonyl (C=O) groups is 3. The van der Waals surface area contributed by atoms with E-state index in [0.29, 0.717) is 22.9 Å². The van der Waals surface area contributed by atoms with Crippen molar-refractivity contribution >= 4 is 29.1 Å². The molecule has 0 aliphatic carbocycles. The van der Waals surface area contributed by atoms with E-state index in [0.717, 1.165) is 33.7 Å². The van der Waals surface area contributed by atoms with Gasteiger partial charge in [0.1, 0.15) is 17.9 Å². The zero-order valence-electron chi connectivity index (χ0n) is 31.6. The van der Waals surface area contributed by atoms with Crippen LogP contribution >= 0.6 is 11.3 Å². The average Bonchev–Trinajstić information content (AvgIpc) is 3.71. The molecule has 5 rings (SSSR count). The maximum absolute atomic E-state index is 13.7. The molecule has 2 aromatic carbocycles. The van der Waals surface area contributed by atoms with Gasteiger partial charge in [0.05, 0.1) is 11.5 Å². The Morgan fingerprint density at radius 2 is 1.45 bits per heavy atom. The summed E-state index contributed by atoms with van der Waals surface area (Å²) in [6.45, 7) is 9.03. The molecule has 2 unspecified atom stereocenters. The number of carboxylic acids is 1. The number of carbonyl (C=O) groups excluding carboxylic acids is 2. The van der Waals surface area contributed by atoms with E-state index >= 15 is 0 Å². The number of rotatable bonds is 18. The molecule has 288 valence electrons. The van der Waals surface area contributed by atoms with Crippen LogP contribution in [0.1, 0.15) is 91.8 Å². The number of carboxylic acid groups (broad SMARTS) is 1. The number of aliphatic hydroxyl groups excluding tert-OH is 1. The van der Waals surface area contributed by atoms with Gasteiger partial charge in [-0.2, -0.15) is 0 Å². The third kappa shape index (κ3) is 11.5. The Bertz CT molecular complexity index is 2000. The van der Waals surface area contributed by atoms with Crippen LogP contribution in [0.3, 0.4) is 0 Å². The highest BCUT2D eigenvalue weighted by Gasteiger charge is 2.34. The number of unbranched alkanes of at least 4 members (excludes halogenated alkanes) is 4. The Morgan fingerprint density at radius 1 is 0.800 bits per heavy atom. The molecule has 3 atom stereocenters. The summed E-state index contributed by atoms with van der Waals surface area (Å²) in [6, 6.07) is 17.2. The number of nitrogens with one attached hydrogen (secondary N) is 2. The summed E-state index contributed by atoms with van der Waals surface area (Å²) in [5, 5.41) is 25.9. The van der Waals surface area contributed by atoms with Crippen molar-refractivity contribution in [3.63, 3.8) is 0 Å². The first-order valence-electron chi connectivity index (χ1n) is 18.5. The minimum atomic E-state index is -1.78. The molecule has 5 aromatic rings. The first-order valence-corrected chi connectivity index (χ1v) is 19.3. The van der Waals surface area contributed by atoms with E-state index in [-0.39, 0.29) is 17.7 Å². The second-order valence-electron chi connectivity index (χ2n) is 14.3. The second-order valence-corrected chi connectivity index (χ2v) is 15.4. The highest BCUT2D eigenvalue weighted by atomic mass is 32.1. The van der Waals surface area contributed by atoms with Crippen molar-refractivity contribution in [3.05, 3.63) is 113 Å². The summed E-state index contributed by atoms with van der Waals surface area (Å²) in [7, 11) is 0. The lowest BCUT2D eigenvalue weighted by atomic mass is 9.95. The number of aliphatic hydroxyl groups is 1. The van der Waals surface area contributed by atoms with Gasteiger partial charge < -0.3 is 25.6 Å². The normalized spacial score (nSPS) is 13.0. The fourth-order valence-electron chi connectivity index (χ4n) is 5.73. The standard InChI is InChI=1S/C42H48N6O6S/c1-5-6-7-8-9-23-54-31-17-15-28(16-18-31)30-25-45-37(46-26-30)29-13-11-27(12-14-29)24-32(47-40(51)33-19-20-34(55-33)42(2,3)4)39(50)48-35(41(52)53)36(49)38-43-21-10-22-44-38/h10-22,25-26,32,35-36,49H,5-9,23-24H2,1-4H3,(H,47,51)(H,48,50)(H,52,53)/t32-,35?,36?/m0/s1. The third-order valence-electron chi connectivity index (χ3n) is 8.93. The molecule has 55 heavy (non-hydrogen) atoms. The smallest absolute Gasteiger partial charge is 0.329 e. The molecule has 4 N–H and O–H groups in total. The molecular weight excluding hydrogens is 717 g/mol. The monoisotopic (exact) mass is 764 g/mol. The SMILES string of the molecule is CCCCCCCOc1ccc(-c2cnc(-c3ccc(C[C@H](NC(=O)c4ccc(C(C)(C)C)s4)C(=O)NC(C(=O)O)C(O)c4ncccn4)cc3)nc2)cc1. The molecule has 0 bridgehead atoms. The highest BCUT2D eigenvalue weighted by Crippen LogP contribution is 2.30. The predicted molar refractivity (Wildman–Crippen MR) is 212 cm³/mol. The van der Waals surface area contributed by atoms with Crippen LogP contribution in [0.25, 0.3) is 22.5 Å². The van der Waals surface area contributed by atoms with Crippen LogP contribution in [0.5, 0.6) is 5.75 Å². The Hall–Kier alpha value is -5.53. The van der Waals surface area contributed by atoms with Crippen molar-refractivity contribution in [2.45, 2.75) is 89.8 Å². The maximum atomic E-state index is 13.7. The van der Waals surface area contributed by atoms with Crippen molar-refractivity contribution in [1.82, 2.24) is 30.6 Å². The first-order chi connectivity index (χ1) is 26.4. The van der Waals surface area contributed by atoms with Crippen molar-refractivity contribution in [3.8, 4) is 28.3 Å². The van der Waals surface area contributed by atoms with Crippen LogP contribution in [-0.4, -0.2) is 66.6 Å². The van der Waals surface area contributed by atoms with Gasteiger partial charge >= 0.3 is 5.97 Å². The molecule has 0 aliphatic heterocycles. The van der Waals surface area contributed by atoms with Crippen molar-refractivity contribution in [2.24, 2.45) is 0 Å². The van der Waals surface area contributed by atoms with Crippen molar-refractivity contribution in [2.75, 3.05) is 6.61 Å². The van der Waals surface area contributed by atoms with Crippen LogP contribution in [0, 0.1) is 0 Å². The summed E-state index contributed by atoms with van der Waals surface area (Å²) in [5.74, 6) is -1.59. The van der Waals surface area contributed by atoms with Gasteiger partial charge in [0.2, 0.25) is 5.91 Å². The highest BCUT2D eigenvalue weighted by molar-refractivity contribution is 7.14. The fourth-order valence-corrected chi connectivity index (χ4v) is 6.70. The van der Waals surface area contributed by atoms with Crippen LogP contribution in [-0.2, 0) is 21.4 Å². The van der Waals surface area contributed by atoms with Gasteiger partial charge in [-0.15, -0.1) is 11.3 Å². The van der Waals surface area contributed by atoms with E-state index in [1.165, 1.54) is 55.5 Å². The van der Waals surface area contributed by atoms with Crippen LogP contribution in [0.15, 0.2) is 91.5 Å². The van der Waals surface area contributed by atoms with Crippen LogP contribution in [0.4, 0.5) is 0 Å². The van der Waals surface area contributed by atoms with Gasteiger partial charge in [-0.05, 0) is 53.3 Å². The quantitative estimate of drug-likeness (QED) is 0.0683. The zero-order chi connectivity index (χ0) is 39.4. The Morgan fingerprint density at radius 3 is 2.07 bits per heavy atom. The summed E-state index contributed by atoms with van der Waals surface area (Å²) in [4.78, 5) is 57.8. The Balaban J connectivity index is 1.27. The lowest BCUT2D eigenvalue weighted by Gasteiger charge is -2.24. The molecule has 0 saturated heterocycles. The maximum Gasteiger partial charge on any atom is 0.329 e. The largest absolute Gasteiger partial charge is 0.494 e. The number of benzene rings is 2. The number of aliphatic carboxylic acids is 1. The zero-order valence-corrected chi connectivity index (χ0v) is 32.4. The predicted octanol–water partition coefficient (Wildman–Crippen LogP) is 6.95. The summed E-state index contributed by atoms with van der Waals surface area (Å²) < 4.78 is 5.89. The average molecular weight is 765 g/mol. The molecular formula is C42H48N6O6S. The van der Waals surface area contributed by atoms with Crippen LogP contribution < -0.4 is 15.4 Å². The van der Waals surface area contributed by atoms with Crippen molar-refractivity contribution < 1.29 is 29.3 Å².